The minimum atomic E-state index is -0.742. The number of aromatic hydroxyl groups is 1. The second-order valence-corrected chi connectivity index (χ2v) is 9.18. The van der Waals surface area contributed by atoms with E-state index in [9.17, 15) is 15.0 Å². The largest absolute Gasteiger partial charge is 0.507 e. The molecular formula is C27H46O3. The zero-order valence-corrected chi connectivity index (χ0v) is 19.8. The summed E-state index contributed by atoms with van der Waals surface area (Å²) in [5.74, 6) is -0.379. The monoisotopic (exact) mass is 418 g/mol. The van der Waals surface area contributed by atoms with Crippen LogP contribution in [0, 0.1) is 13.8 Å². The fourth-order valence-corrected chi connectivity index (χ4v) is 4.41. The summed E-state index contributed by atoms with van der Waals surface area (Å²) in [7, 11) is 0. The second kappa shape index (κ2) is 16.2. The molecule has 0 saturated heterocycles. The number of carboxylic acids is 1. The lowest BCUT2D eigenvalue weighted by molar-refractivity contribution is -0.137. The van der Waals surface area contributed by atoms with Gasteiger partial charge in [-0.25, -0.2) is 0 Å². The predicted octanol–water partition coefficient (Wildman–Crippen LogP) is 8.44. The Hall–Kier alpha value is -1.51. The van der Waals surface area contributed by atoms with Crippen LogP contribution in [-0.4, -0.2) is 16.2 Å². The molecule has 3 nitrogen and oxygen atoms in total. The van der Waals surface area contributed by atoms with Crippen LogP contribution in [0.3, 0.4) is 0 Å². The lowest BCUT2D eigenvalue weighted by Gasteiger charge is -2.17. The number of aryl methyl sites for hydroxylation is 2. The van der Waals surface area contributed by atoms with Crippen LogP contribution in [-0.2, 0) is 4.79 Å². The van der Waals surface area contributed by atoms with Gasteiger partial charge in [-0.15, -0.1) is 0 Å². The molecule has 0 aliphatic rings. The standard InChI is InChI=1S/C27H46O3/c1-4-5-6-7-8-9-10-11-12-13-14-15-16-17-18-24(21-26(28)29)25-19-22(2)27(30)23(3)20-25/h19-20,24,30H,4-18,21H2,1-3H3,(H,28,29). The molecule has 1 atom stereocenters. The smallest absolute Gasteiger partial charge is 0.303 e. The molecular weight excluding hydrogens is 372 g/mol. The van der Waals surface area contributed by atoms with Gasteiger partial charge in [0, 0.05) is 0 Å². The third-order valence-electron chi connectivity index (χ3n) is 6.31. The van der Waals surface area contributed by atoms with Gasteiger partial charge in [0.15, 0.2) is 0 Å². The molecule has 0 fully saturated rings. The third-order valence-corrected chi connectivity index (χ3v) is 6.31. The molecule has 172 valence electrons. The molecule has 0 aliphatic carbocycles. The van der Waals surface area contributed by atoms with Crippen molar-refractivity contribution in [2.45, 2.75) is 129 Å². The molecule has 0 heterocycles. The second-order valence-electron chi connectivity index (χ2n) is 9.18. The number of hydrogen-bond acceptors (Lipinski definition) is 2. The van der Waals surface area contributed by atoms with Gasteiger partial charge in [-0.3, -0.25) is 4.79 Å². The van der Waals surface area contributed by atoms with E-state index in [-0.39, 0.29) is 12.3 Å². The highest BCUT2D eigenvalue weighted by Crippen LogP contribution is 2.32. The molecule has 1 aromatic rings. The Morgan fingerprint density at radius 2 is 1.17 bits per heavy atom. The highest BCUT2D eigenvalue weighted by molar-refractivity contribution is 5.68. The van der Waals surface area contributed by atoms with Gasteiger partial charge in [-0.05, 0) is 42.9 Å². The van der Waals surface area contributed by atoms with Crippen LogP contribution in [0.2, 0.25) is 0 Å². The number of rotatable bonds is 18. The van der Waals surface area contributed by atoms with Crippen molar-refractivity contribution in [1.82, 2.24) is 0 Å². The summed E-state index contributed by atoms with van der Waals surface area (Å²) in [5, 5.41) is 19.3. The number of phenols is 1. The Bertz CT molecular complexity index is 571. The third kappa shape index (κ3) is 11.6. The van der Waals surface area contributed by atoms with Gasteiger partial charge in [-0.2, -0.15) is 0 Å². The molecule has 30 heavy (non-hydrogen) atoms. The first-order chi connectivity index (χ1) is 14.5. The van der Waals surface area contributed by atoms with Gasteiger partial charge in [0.05, 0.1) is 6.42 Å². The van der Waals surface area contributed by atoms with E-state index in [1.54, 1.807) is 0 Å². The van der Waals surface area contributed by atoms with E-state index < -0.39 is 5.97 Å². The summed E-state index contributed by atoms with van der Waals surface area (Å²) < 4.78 is 0. The summed E-state index contributed by atoms with van der Waals surface area (Å²) in [6.07, 6.45) is 19.8. The maximum atomic E-state index is 11.3. The minimum Gasteiger partial charge on any atom is -0.507 e. The average Bonchev–Trinajstić information content (AvgIpc) is 2.70. The van der Waals surface area contributed by atoms with E-state index in [1.807, 2.05) is 26.0 Å². The van der Waals surface area contributed by atoms with Crippen LogP contribution < -0.4 is 0 Å². The van der Waals surface area contributed by atoms with E-state index in [1.165, 1.54) is 83.5 Å². The summed E-state index contributed by atoms with van der Waals surface area (Å²) in [6, 6.07) is 3.92. The Balaban J connectivity index is 2.16. The van der Waals surface area contributed by atoms with Crippen LogP contribution in [0.1, 0.15) is 132 Å². The topological polar surface area (TPSA) is 57.5 Å². The van der Waals surface area contributed by atoms with Crippen molar-refractivity contribution in [3.8, 4) is 5.75 Å². The molecule has 0 amide bonds. The van der Waals surface area contributed by atoms with E-state index in [0.717, 1.165) is 29.5 Å². The van der Waals surface area contributed by atoms with Crippen molar-refractivity contribution in [2.24, 2.45) is 0 Å². The fraction of sp³-hybridized carbons (Fsp3) is 0.741. The molecule has 0 bridgehead atoms. The highest BCUT2D eigenvalue weighted by atomic mass is 16.4. The van der Waals surface area contributed by atoms with Gasteiger partial charge in [0.1, 0.15) is 5.75 Å². The number of hydrogen-bond donors (Lipinski definition) is 2. The van der Waals surface area contributed by atoms with Gasteiger partial charge >= 0.3 is 5.97 Å². The molecule has 3 heteroatoms. The lowest BCUT2D eigenvalue weighted by Crippen LogP contribution is -2.07. The Morgan fingerprint density at radius 3 is 1.57 bits per heavy atom. The minimum absolute atomic E-state index is 0.0397. The molecule has 0 spiro atoms. The van der Waals surface area contributed by atoms with Crippen molar-refractivity contribution in [1.29, 1.82) is 0 Å². The molecule has 0 saturated carbocycles. The molecule has 0 radical (unpaired) electrons. The van der Waals surface area contributed by atoms with Gasteiger partial charge in [-0.1, -0.05) is 109 Å². The summed E-state index contributed by atoms with van der Waals surface area (Å²) >= 11 is 0. The molecule has 1 aromatic carbocycles. The lowest BCUT2D eigenvalue weighted by atomic mass is 9.88. The Labute approximate surface area is 185 Å². The van der Waals surface area contributed by atoms with E-state index in [4.69, 9.17) is 0 Å². The zero-order chi connectivity index (χ0) is 22.2. The van der Waals surface area contributed by atoms with Crippen LogP contribution in [0.4, 0.5) is 0 Å². The number of unbranched alkanes of at least 4 members (excludes halogenated alkanes) is 13. The number of phenolic OH excluding ortho intramolecular Hbond substituents is 1. The summed E-state index contributed by atoms with van der Waals surface area (Å²) in [4.78, 5) is 11.3. The van der Waals surface area contributed by atoms with Crippen LogP contribution >= 0.6 is 0 Å². The molecule has 0 aliphatic heterocycles. The van der Waals surface area contributed by atoms with Crippen molar-refractivity contribution in [3.05, 3.63) is 28.8 Å². The highest BCUT2D eigenvalue weighted by Gasteiger charge is 2.17. The fourth-order valence-electron chi connectivity index (χ4n) is 4.41. The summed E-state index contributed by atoms with van der Waals surface area (Å²) in [6.45, 7) is 6.04. The van der Waals surface area contributed by atoms with E-state index >= 15 is 0 Å². The summed E-state index contributed by atoms with van der Waals surface area (Å²) in [5.41, 5.74) is 2.72. The quantitative estimate of drug-likeness (QED) is 0.235. The van der Waals surface area contributed by atoms with Crippen LogP contribution in [0.5, 0.6) is 5.75 Å². The van der Waals surface area contributed by atoms with Crippen LogP contribution in [0.15, 0.2) is 12.1 Å². The van der Waals surface area contributed by atoms with Gasteiger partial charge < -0.3 is 10.2 Å². The van der Waals surface area contributed by atoms with Gasteiger partial charge in [0.2, 0.25) is 0 Å². The van der Waals surface area contributed by atoms with E-state index in [2.05, 4.69) is 6.92 Å². The number of aliphatic carboxylic acids is 1. The number of carbonyl (C=O) groups is 1. The predicted molar refractivity (Wildman–Crippen MR) is 128 cm³/mol. The zero-order valence-electron chi connectivity index (χ0n) is 19.8. The van der Waals surface area contributed by atoms with Crippen LogP contribution in [0.25, 0.3) is 0 Å². The first kappa shape index (κ1) is 26.5. The van der Waals surface area contributed by atoms with Crippen molar-refractivity contribution >= 4 is 5.97 Å². The maximum absolute atomic E-state index is 11.3. The maximum Gasteiger partial charge on any atom is 0.303 e. The Kier molecular flexibility index (Phi) is 14.3. The number of benzene rings is 1. The average molecular weight is 419 g/mol. The number of carboxylic acid groups (broad SMARTS) is 1. The van der Waals surface area contributed by atoms with Crippen molar-refractivity contribution in [2.75, 3.05) is 0 Å². The SMILES string of the molecule is CCCCCCCCCCCCCCCCC(CC(=O)O)c1cc(C)c(O)c(C)c1. The van der Waals surface area contributed by atoms with Gasteiger partial charge in [0.25, 0.3) is 0 Å². The van der Waals surface area contributed by atoms with Crippen molar-refractivity contribution in [3.63, 3.8) is 0 Å². The molecule has 0 aromatic heterocycles. The van der Waals surface area contributed by atoms with Crippen molar-refractivity contribution < 1.29 is 15.0 Å². The first-order valence-corrected chi connectivity index (χ1v) is 12.5. The van der Waals surface area contributed by atoms with E-state index in [0.29, 0.717) is 5.75 Å². The normalized spacial score (nSPS) is 12.2. The molecule has 2 N–H and O–H groups in total. The molecule has 1 unspecified atom stereocenters. The Morgan fingerprint density at radius 1 is 0.767 bits per heavy atom. The molecule has 1 rings (SSSR count). The first-order valence-electron chi connectivity index (χ1n) is 12.5.